The van der Waals surface area contributed by atoms with Crippen molar-refractivity contribution >= 4 is 12.2 Å². The normalized spacial score (nSPS) is 17.7. The first-order chi connectivity index (χ1) is 16.8. The molecule has 0 radical (unpaired) electrons. The van der Waals surface area contributed by atoms with Gasteiger partial charge < -0.3 is 14.7 Å². The van der Waals surface area contributed by atoms with Crippen molar-refractivity contribution < 1.29 is 27.8 Å². The lowest BCUT2D eigenvalue weighted by atomic mass is 10.0. The van der Waals surface area contributed by atoms with Crippen molar-refractivity contribution in [2.24, 2.45) is 12.1 Å². The molecule has 1 N–H and O–H groups in total. The molecule has 10 nitrogen and oxygen atoms in total. The lowest BCUT2D eigenvalue weighted by molar-refractivity contribution is 0.0256. The van der Waals surface area contributed by atoms with Crippen molar-refractivity contribution in [1.82, 2.24) is 29.7 Å². The van der Waals surface area contributed by atoms with Crippen LogP contribution in [0.4, 0.5) is 18.0 Å². The number of amides is 2. The summed E-state index contributed by atoms with van der Waals surface area (Å²) in [5.74, 6) is -1.67. The number of halogens is 3. The molecule has 2 aromatic heterocycles. The first kappa shape index (κ1) is 22.8. The maximum absolute atomic E-state index is 14.3. The molecule has 1 fully saturated rings. The van der Waals surface area contributed by atoms with Crippen LogP contribution in [0.2, 0.25) is 0 Å². The highest BCUT2D eigenvalue weighted by molar-refractivity contribution is 5.79. The zero-order chi connectivity index (χ0) is 24.7. The number of nitrogens with zero attached hydrogens (tertiary/aromatic N) is 7. The predicted molar refractivity (Wildman–Crippen MR) is 116 cm³/mol. The molecule has 5 rings (SSSR count). The van der Waals surface area contributed by atoms with Crippen LogP contribution in [0.5, 0.6) is 5.75 Å². The monoisotopic (exact) mass is 487 g/mol. The molecule has 1 atom stereocenters. The summed E-state index contributed by atoms with van der Waals surface area (Å²) in [7, 11) is 1.62. The topological polar surface area (TPSA) is 109 Å². The number of likely N-dealkylation sites (tertiary alicyclic amines) is 1. The SMILES string of the molecule is Cn1nc(CO)nc1-c1cc(OC2CN(C(=O)N3N=CC[C@H]3c3cc(F)cc(F)c3)C2)c(F)cn1. The first-order valence-electron chi connectivity index (χ1n) is 10.7. The molecule has 2 aliphatic heterocycles. The van der Waals surface area contributed by atoms with Crippen LogP contribution in [0.3, 0.4) is 0 Å². The van der Waals surface area contributed by atoms with Gasteiger partial charge in [-0.3, -0.25) is 0 Å². The smallest absolute Gasteiger partial charge is 0.341 e. The minimum atomic E-state index is -0.732. The van der Waals surface area contributed by atoms with E-state index < -0.39 is 35.6 Å². The van der Waals surface area contributed by atoms with Crippen molar-refractivity contribution in [3.8, 4) is 17.3 Å². The standard InChI is InChI=1S/C22H20F3N7O3/c1-30-21(28-20(11-33)29-30)17-7-19(16(25)8-26-17)35-15-9-31(10-15)22(34)32-18(2-3-27-32)12-4-13(23)6-14(24)5-12/h3-8,15,18,33H,2,9-11H2,1H3/t18-/m0/s1. The Kier molecular flexibility index (Phi) is 5.84. The molecule has 2 amide bonds. The molecule has 1 aromatic carbocycles. The van der Waals surface area contributed by atoms with Crippen LogP contribution >= 0.6 is 0 Å². The second-order valence-corrected chi connectivity index (χ2v) is 8.16. The number of aliphatic hydroxyl groups is 1. The minimum absolute atomic E-state index is 0.0621. The Bertz CT molecular complexity index is 1290. The van der Waals surface area contributed by atoms with Gasteiger partial charge in [0.25, 0.3) is 0 Å². The van der Waals surface area contributed by atoms with Gasteiger partial charge in [0.05, 0.1) is 25.3 Å². The van der Waals surface area contributed by atoms with Gasteiger partial charge in [-0.2, -0.15) is 10.2 Å². The molecule has 3 aromatic rings. The number of aryl methyl sites for hydroxylation is 1. The number of hydrogen-bond donors (Lipinski definition) is 1. The number of carbonyl (C=O) groups excluding carboxylic acids is 1. The molecule has 0 aliphatic carbocycles. The molecule has 182 valence electrons. The van der Waals surface area contributed by atoms with Crippen LogP contribution in [-0.4, -0.2) is 66.2 Å². The number of pyridine rings is 1. The molecular formula is C22H20F3N7O3. The van der Waals surface area contributed by atoms with E-state index in [0.717, 1.165) is 12.3 Å². The molecule has 0 bridgehead atoms. The molecule has 35 heavy (non-hydrogen) atoms. The van der Waals surface area contributed by atoms with E-state index in [9.17, 15) is 23.1 Å². The molecular weight excluding hydrogens is 467 g/mol. The summed E-state index contributed by atoms with van der Waals surface area (Å²) < 4.78 is 48.8. The van der Waals surface area contributed by atoms with Gasteiger partial charge in [0, 0.05) is 31.8 Å². The van der Waals surface area contributed by atoms with Gasteiger partial charge in [0.15, 0.2) is 23.2 Å². The fourth-order valence-electron chi connectivity index (χ4n) is 4.00. The number of benzene rings is 1. The Balaban J connectivity index is 1.24. The summed E-state index contributed by atoms with van der Waals surface area (Å²) in [5, 5.41) is 18.5. The van der Waals surface area contributed by atoms with Crippen molar-refractivity contribution in [3.63, 3.8) is 0 Å². The summed E-state index contributed by atoms with van der Waals surface area (Å²) in [6.45, 7) is -0.00396. The van der Waals surface area contributed by atoms with E-state index in [1.165, 1.54) is 39.0 Å². The van der Waals surface area contributed by atoms with E-state index in [2.05, 4.69) is 20.2 Å². The van der Waals surface area contributed by atoms with E-state index >= 15 is 0 Å². The van der Waals surface area contributed by atoms with Crippen molar-refractivity contribution in [2.75, 3.05) is 13.1 Å². The van der Waals surface area contributed by atoms with Crippen LogP contribution in [0, 0.1) is 17.5 Å². The Morgan fingerprint density at radius 2 is 1.91 bits per heavy atom. The summed E-state index contributed by atoms with van der Waals surface area (Å²) in [4.78, 5) is 22.5. The highest BCUT2D eigenvalue weighted by Crippen LogP contribution is 2.32. The second kappa shape index (κ2) is 8.98. The van der Waals surface area contributed by atoms with Gasteiger partial charge in [-0.15, -0.1) is 0 Å². The average Bonchev–Trinajstić information content (AvgIpc) is 3.43. The summed E-state index contributed by atoms with van der Waals surface area (Å²) in [6, 6.07) is 3.43. The third-order valence-corrected chi connectivity index (χ3v) is 5.71. The fraction of sp³-hybridized carbons (Fsp3) is 0.318. The average molecular weight is 487 g/mol. The van der Waals surface area contributed by atoms with Gasteiger partial charge in [-0.25, -0.2) is 37.6 Å². The highest BCUT2D eigenvalue weighted by Gasteiger charge is 2.39. The minimum Gasteiger partial charge on any atom is -0.483 e. The van der Waals surface area contributed by atoms with E-state index in [0.29, 0.717) is 23.5 Å². The van der Waals surface area contributed by atoms with E-state index in [-0.39, 0.29) is 31.3 Å². The van der Waals surface area contributed by atoms with E-state index in [4.69, 9.17) is 4.74 Å². The zero-order valence-corrected chi connectivity index (χ0v) is 18.5. The van der Waals surface area contributed by atoms with Gasteiger partial charge in [0.2, 0.25) is 0 Å². The molecule has 0 saturated carbocycles. The summed E-state index contributed by atoms with van der Waals surface area (Å²) in [5.41, 5.74) is 0.612. The lowest BCUT2D eigenvalue weighted by Crippen LogP contribution is -2.58. The van der Waals surface area contributed by atoms with Crippen molar-refractivity contribution in [1.29, 1.82) is 0 Å². The number of hydrazone groups is 1. The zero-order valence-electron chi connectivity index (χ0n) is 18.5. The Morgan fingerprint density at radius 1 is 1.17 bits per heavy atom. The number of aliphatic hydroxyl groups excluding tert-OH is 1. The summed E-state index contributed by atoms with van der Waals surface area (Å²) in [6.07, 6.45) is 2.36. The number of carbonyl (C=O) groups is 1. The third kappa shape index (κ3) is 4.41. The Morgan fingerprint density at radius 3 is 2.60 bits per heavy atom. The number of ether oxygens (including phenoxy) is 1. The van der Waals surface area contributed by atoms with Gasteiger partial charge in [-0.1, -0.05) is 0 Å². The lowest BCUT2D eigenvalue weighted by Gasteiger charge is -2.41. The van der Waals surface area contributed by atoms with E-state index in [1.54, 1.807) is 7.05 Å². The quantitative estimate of drug-likeness (QED) is 0.592. The van der Waals surface area contributed by atoms with Crippen LogP contribution in [-0.2, 0) is 13.7 Å². The second-order valence-electron chi connectivity index (χ2n) is 8.16. The molecule has 0 unspecified atom stereocenters. The molecule has 0 spiro atoms. The molecule has 13 heteroatoms. The van der Waals surface area contributed by atoms with Crippen molar-refractivity contribution in [2.45, 2.75) is 25.2 Å². The Hall–Kier alpha value is -4.00. The highest BCUT2D eigenvalue weighted by atomic mass is 19.1. The number of rotatable bonds is 5. The van der Waals surface area contributed by atoms with Gasteiger partial charge in [-0.05, 0) is 17.7 Å². The van der Waals surface area contributed by atoms with Crippen molar-refractivity contribution in [3.05, 3.63) is 59.3 Å². The van der Waals surface area contributed by atoms with Crippen LogP contribution < -0.4 is 4.74 Å². The fourth-order valence-corrected chi connectivity index (χ4v) is 4.00. The van der Waals surface area contributed by atoms with Crippen LogP contribution in [0.15, 0.2) is 35.6 Å². The number of urea groups is 1. The van der Waals surface area contributed by atoms with E-state index in [1.807, 2.05) is 0 Å². The third-order valence-electron chi connectivity index (χ3n) is 5.71. The van der Waals surface area contributed by atoms with Crippen LogP contribution in [0.25, 0.3) is 11.5 Å². The first-order valence-corrected chi connectivity index (χ1v) is 10.7. The number of hydrogen-bond acceptors (Lipinski definition) is 7. The summed E-state index contributed by atoms with van der Waals surface area (Å²) >= 11 is 0. The van der Waals surface area contributed by atoms with Gasteiger partial charge in [0.1, 0.15) is 30.0 Å². The largest absolute Gasteiger partial charge is 0.483 e. The maximum Gasteiger partial charge on any atom is 0.341 e. The van der Waals surface area contributed by atoms with Crippen LogP contribution in [0.1, 0.15) is 23.9 Å². The molecule has 2 aliphatic rings. The maximum atomic E-state index is 14.3. The van der Waals surface area contributed by atoms with Gasteiger partial charge >= 0.3 is 6.03 Å². The predicted octanol–water partition coefficient (Wildman–Crippen LogP) is 2.40. The number of aromatic nitrogens is 4. The molecule has 4 heterocycles. The Labute approximate surface area is 197 Å². The molecule has 1 saturated heterocycles.